The highest BCUT2D eigenvalue weighted by molar-refractivity contribution is 6.42. The lowest BCUT2D eigenvalue weighted by Crippen LogP contribution is -2.38. The van der Waals surface area contributed by atoms with Crippen LogP contribution >= 0.6 is 23.2 Å². The van der Waals surface area contributed by atoms with Crippen molar-refractivity contribution in [3.8, 4) is 5.75 Å². The fourth-order valence-corrected chi connectivity index (χ4v) is 3.32. The van der Waals surface area contributed by atoms with E-state index in [0.717, 1.165) is 24.0 Å². The average molecular weight is 380 g/mol. The molecule has 1 fully saturated rings. The summed E-state index contributed by atoms with van der Waals surface area (Å²) in [5, 5.41) is 1.03. The first-order valence-electron chi connectivity index (χ1n) is 8.00. The average Bonchev–Trinajstić information content (AvgIpc) is 3.00. The van der Waals surface area contributed by atoms with Gasteiger partial charge in [0.25, 0.3) is 0 Å². The number of halogens is 2. The van der Waals surface area contributed by atoms with E-state index < -0.39 is 6.23 Å². The molecule has 0 aromatic heterocycles. The Labute approximate surface area is 157 Å². The molecule has 0 saturated carbocycles. The number of benzene rings is 2. The second-order valence-electron chi connectivity index (χ2n) is 5.99. The van der Waals surface area contributed by atoms with Crippen molar-refractivity contribution in [2.75, 3.05) is 13.7 Å². The van der Waals surface area contributed by atoms with Gasteiger partial charge in [0.1, 0.15) is 5.75 Å². The molecule has 0 radical (unpaired) electrons. The Morgan fingerprint density at radius 1 is 1.16 bits per heavy atom. The highest BCUT2D eigenvalue weighted by atomic mass is 35.5. The Bertz CT molecular complexity index is 736. The van der Waals surface area contributed by atoms with Crippen molar-refractivity contribution in [2.45, 2.75) is 25.2 Å². The summed E-state index contributed by atoms with van der Waals surface area (Å²) in [5.41, 5.74) is 2.16. The summed E-state index contributed by atoms with van der Waals surface area (Å²) >= 11 is 12.1. The van der Waals surface area contributed by atoms with Gasteiger partial charge in [0.15, 0.2) is 12.5 Å². The number of methoxy groups -OCH3 is 1. The third-order valence-electron chi connectivity index (χ3n) is 4.35. The molecule has 0 spiro atoms. The maximum Gasteiger partial charge on any atom is 0.167 e. The van der Waals surface area contributed by atoms with Gasteiger partial charge in [-0.2, -0.15) is 0 Å². The van der Waals surface area contributed by atoms with Gasteiger partial charge in [0.05, 0.1) is 23.8 Å². The van der Waals surface area contributed by atoms with Gasteiger partial charge in [0, 0.05) is 12.6 Å². The summed E-state index contributed by atoms with van der Waals surface area (Å²) in [6.07, 6.45) is 1.08. The zero-order valence-corrected chi connectivity index (χ0v) is 15.3. The van der Waals surface area contributed by atoms with E-state index in [1.54, 1.807) is 13.2 Å². The van der Waals surface area contributed by atoms with Crippen LogP contribution in [0, 0.1) is 0 Å². The Morgan fingerprint density at radius 3 is 2.52 bits per heavy atom. The standard InChI is InChI=1S/C19H19Cl2NO3/c1-24-16-5-2-13(3-6-16)8-15-12-25-19(11-23)22(15)10-14-4-7-17(20)18(21)9-14/h2-7,9,11,15,19H,8,10,12H2,1H3/t15-,19?/m0/s1. The van der Waals surface area contributed by atoms with E-state index in [1.807, 2.05) is 36.4 Å². The van der Waals surface area contributed by atoms with E-state index in [-0.39, 0.29) is 6.04 Å². The maximum atomic E-state index is 11.4. The summed E-state index contributed by atoms with van der Waals surface area (Å²) in [6, 6.07) is 13.6. The fraction of sp³-hybridized carbons (Fsp3) is 0.316. The minimum absolute atomic E-state index is 0.109. The quantitative estimate of drug-likeness (QED) is 0.711. The van der Waals surface area contributed by atoms with Gasteiger partial charge in [-0.3, -0.25) is 9.69 Å². The predicted molar refractivity (Wildman–Crippen MR) is 98.3 cm³/mol. The molecule has 2 atom stereocenters. The van der Waals surface area contributed by atoms with Crippen LogP contribution in [0.15, 0.2) is 42.5 Å². The molecular formula is C19H19Cl2NO3. The van der Waals surface area contributed by atoms with E-state index >= 15 is 0 Å². The zero-order chi connectivity index (χ0) is 17.8. The van der Waals surface area contributed by atoms with Gasteiger partial charge in [-0.05, 0) is 41.8 Å². The van der Waals surface area contributed by atoms with Crippen molar-refractivity contribution >= 4 is 29.5 Å². The van der Waals surface area contributed by atoms with Crippen LogP contribution in [0.1, 0.15) is 11.1 Å². The highest BCUT2D eigenvalue weighted by Crippen LogP contribution is 2.27. The van der Waals surface area contributed by atoms with Crippen LogP contribution in [0.4, 0.5) is 0 Å². The molecule has 1 aliphatic rings. The molecule has 0 N–H and O–H groups in total. The minimum atomic E-state index is -0.544. The number of carbonyl (C=O) groups is 1. The van der Waals surface area contributed by atoms with E-state index in [9.17, 15) is 4.79 Å². The molecule has 2 aromatic carbocycles. The van der Waals surface area contributed by atoms with Crippen LogP contribution in [-0.4, -0.2) is 37.2 Å². The summed E-state index contributed by atoms with van der Waals surface area (Å²) in [5.74, 6) is 0.824. The number of ether oxygens (including phenoxy) is 2. The third-order valence-corrected chi connectivity index (χ3v) is 5.09. The zero-order valence-electron chi connectivity index (χ0n) is 13.8. The number of hydrogen-bond donors (Lipinski definition) is 0. The van der Waals surface area contributed by atoms with Crippen LogP contribution in [-0.2, 0) is 22.5 Å². The second kappa shape index (κ2) is 8.19. The lowest BCUT2D eigenvalue weighted by Gasteiger charge is -2.25. The Kier molecular flexibility index (Phi) is 5.97. The van der Waals surface area contributed by atoms with Crippen molar-refractivity contribution in [3.05, 3.63) is 63.6 Å². The van der Waals surface area contributed by atoms with E-state index in [4.69, 9.17) is 32.7 Å². The largest absolute Gasteiger partial charge is 0.497 e. The monoisotopic (exact) mass is 379 g/mol. The van der Waals surface area contributed by atoms with E-state index in [2.05, 4.69) is 4.90 Å². The minimum Gasteiger partial charge on any atom is -0.497 e. The van der Waals surface area contributed by atoms with E-state index in [1.165, 1.54) is 5.56 Å². The van der Waals surface area contributed by atoms with Gasteiger partial charge in [-0.15, -0.1) is 0 Å². The topological polar surface area (TPSA) is 38.8 Å². The predicted octanol–water partition coefficient (Wildman–Crippen LogP) is 3.97. The van der Waals surface area contributed by atoms with Gasteiger partial charge < -0.3 is 9.47 Å². The molecular weight excluding hydrogens is 361 g/mol. The number of hydrogen-bond acceptors (Lipinski definition) is 4. The van der Waals surface area contributed by atoms with Crippen LogP contribution in [0.3, 0.4) is 0 Å². The van der Waals surface area contributed by atoms with Gasteiger partial charge in [-0.1, -0.05) is 41.4 Å². The molecule has 132 valence electrons. The molecule has 1 unspecified atom stereocenters. The molecule has 4 nitrogen and oxygen atoms in total. The Hall–Kier alpha value is -1.59. The van der Waals surface area contributed by atoms with Crippen LogP contribution in [0.5, 0.6) is 5.75 Å². The summed E-state index contributed by atoms with van der Waals surface area (Å²) < 4.78 is 10.8. The molecule has 1 aliphatic heterocycles. The molecule has 0 aliphatic carbocycles. The Morgan fingerprint density at radius 2 is 1.88 bits per heavy atom. The van der Waals surface area contributed by atoms with Crippen molar-refractivity contribution < 1.29 is 14.3 Å². The van der Waals surface area contributed by atoms with E-state index in [0.29, 0.717) is 23.2 Å². The summed E-state index contributed by atoms with van der Waals surface area (Å²) in [4.78, 5) is 13.4. The number of aldehydes is 1. The lowest BCUT2D eigenvalue weighted by molar-refractivity contribution is -0.122. The van der Waals surface area contributed by atoms with Crippen molar-refractivity contribution in [1.29, 1.82) is 0 Å². The van der Waals surface area contributed by atoms with Gasteiger partial charge >= 0.3 is 0 Å². The lowest BCUT2D eigenvalue weighted by atomic mass is 10.0. The molecule has 1 heterocycles. The molecule has 6 heteroatoms. The first kappa shape index (κ1) is 18.2. The first-order valence-corrected chi connectivity index (χ1v) is 8.76. The molecule has 3 rings (SSSR count). The molecule has 0 amide bonds. The van der Waals surface area contributed by atoms with Gasteiger partial charge in [0.2, 0.25) is 0 Å². The van der Waals surface area contributed by atoms with Crippen molar-refractivity contribution in [1.82, 2.24) is 4.90 Å². The normalized spacial score (nSPS) is 20.6. The van der Waals surface area contributed by atoms with Crippen LogP contribution in [0.2, 0.25) is 10.0 Å². The van der Waals surface area contributed by atoms with Crippen molar-refractivity contribution in [2.24, 2.45) is 0 Å². The second-order valence-corrected chi connectivity index (χ2v) is 6.80. The molecule has 25 heavy (non-hydrogen) atoms. The maximum absolute atomic E-state index is 11.4. The SMILES string of the molecule is COc1ccc(C[C@H]2COC(C=O)N2Cc2ccc(Cl)c(Cl)c2)cc1. The molecule has 2 aromatic rings. The number of rotatable bonds is 6. The third kappa shape index (κ3) is 4.33. The summed E-state index contributed by atoms with van der Waals surface area (Å²) in [7, 11) is 1.65. The highest BCUT2D eigenvalue weighted by Gasteiger charge is 2.34. The Balaban J connectivity index is 1.75. The number of nitrogens with zero attached hydrogens (tertiary/aromatic N) is 1. The fourth-order valence-electron chi connectivity index (χ4n) is 3.00. The molecule has 1 saturated heterocycles. The number of carbonyl (C=O) groups excluding carboxylic acids is 1. The van der Waals surface area contributed by atoms with Crippen LogP contribution in [0.25, 0.3) is 0 Å². The summed E-state index contributed by atoms with van der Waals surface area (Å²) in [6.45, 7) is 1.08. The first-order chi connectivity index (χ1) is 12.1. The van der Waals surface area contributed by atoms with Gasteiger partial charge in [-0.25, -0.2) is 0 Å². The smallest absolute Gasteiger partial charge is 0.167 e. The van der Waals surface area contributed by atoms with Crippen molar-refractivity contribution in [3.63, 3.8) is 0 Å². The molecule has 0 bridgehead atoms. The van der Waals surface area contributed by atoms with Crippen LogP contribution < -0.4 is 4.74 Å².